The molecule has 1 nitrogen and oxygen atoms in total. The molecule has 0 atom stereocenters. The topological polar surface area (TPSA) is 17.1 Å². The molecule has 0 spiro atoms. The van der Waals surface area contributed by atoms with Crippen LogP contribution in [-0.4, -0.2) is 11.1 Å². The molecule has 14 heavy (non-hydrogen) atoms. The molecule has 0 saturated heterocycles. The van der Waals surface area contributed by atoms with Crippen LogP contribution < -0.4 is 0 Å². The van der Waals surface area contributed by atoms with Crippen molar-refractivity contribution in [3.8, 4) is 0 Å². The van der Waals surface area contributed by atoms with E-state index in [9.17, 15) is 4.79 Å². The second-order valence-corrected chi connectivity index (χ2v) is 5.67. The third kappa shape index (κ3) is 4.24. The smallest absolute Gasteiger partial charge is 0.172 e. The molecule has 0 unspecified atom stereocenters. The molecule has 0 aliphatic rings. The summed E-state index contributed by atoms with van der Waals surface area (Å²) >= 11 is 8.24. The van der Waals surface area contributed by atoms with Crippen LogP contribution in [0.2, 0.25) is 0 Å². The molecule has 1 aromatic heterocycles. The standard InChI is InChI=1S/C10H12Br2OS/c11-5-3-1-2-4-9(13)10-6-8(12)7-14-10/h6-7H,1-5H2. The first-order valence-electron chi connectivity index (χ1n) is 4.57. The first kappa shape index (κ1) is 12.4. The Balaban J connectivity index is 2.29. The second kappa shape index (κ2) is 6.75. The molecule has 0 aliphatic carbocycles. The number of ketones is 1. The molecule has 0 radical (unpaired) electrons. The molecule has 1 heterocycles. The maximum Gasteiger partial charge on any atom is 0.172 e. The zero-order valence-corrected chi connectivity index (χ0v) is 11.8. The number of alkyl halides is 1. The van der Waals surface area contributed by atoms with E-state index in [2.05, 4.69) is 31.9 Å². The lowest BCUT2D eigenvalue weighted by Crippen LogP contribution is -1.95. The van der Waals surface area contributed by atoms with Crippen molar-refractivity contribution in [2.45, 2.75) is 25.7 Å². The van der Waals surface area contributed by atoms with Crippen LogP contribution in [-0.2, 0) is 0 Å². The Morgan fingerprint density at radius 3 is 2.71 bits per heavy atom. The van der Waals surface area contributed by atoms with E-state index >= 15 is 0 Å². The average Bonchev–Trinajstić information content (AvgIpc) is 2.59. The van der Waals surface area contributed by atoms with Crippen molar-refractivity contribution in [3.63, 3.8) is 0 Å². The summed E-state index contributed by atoms with van der Waals surface area (Å²) in [5, 5.41) is 2.98. The summed E-state index contributed by atoms with van der Waals surface area (Å²) in [6.45, 7) is 0. The van der Waals surface area contributed by atoms with Gasteiger partial charge in [-0.2, -0.15) is 0 Å². The van der Waals surface area contributed by atoms with E-state index in [-0.39, 0.29) is 5.78 Å². The lowest BCUT2D eigenvalue weighted by Gasteiger charge is -1.96. The maximum absolute atomic E-state index is 11.6. The van der Waals surface area contributed by atoms with Crippen molar-refractivity contribution in [1.82, 2.24) is 0 Å². The number of halogens is 2. The lowest BCUT2D eigenvalue weighted by atomic mass is 10.1. The Bertz CT molecular complexity index is 296. The summed E-state index contributed by atoms with van der Waals surface area (Å²) in [6, 6.07) is 1.90. The highest BCUT2D eigenvalue weighted by Gasteiger charge is 2.07. The highest BCUT2D eigenvalue weighted by atomic mass is 79.9. The monoisotopic (exact) mass is 338 g/mol. The van der Waals surface area contributed by atoms with E-state index in [4.69, 9.17) is 0 Å². The summed E-state index contributed by atoms with van der Waals surface area (Å²) in [6.07, 6.45) is 3.96. The van der Waals surface area contributed by atoms with E-state index in [0.717, 1.165) is 33.9 Å². The van der Waals surface area contributed by atoms with Gasteiger partial charge in [0, 0.05) is 21.6 Å². The van der Waals surface area contributed by atoms with Gasteiger partial charge in [0.25, 0.3) is 0 Å². The van der Waals surface area contributed by atoms with Crippen LogP contribution in [0, 0.1) is 0 Å². The van der Waals surface area contributed by atoms with Gasteiger partial charge in [0.1, 0.15) is 0 Å². The van der Waals surface area contributed by atoms with Crippen LogP contribution >= 0.6 is 43.2 Å². The van der Waals surface area contributed by atoms with E-state index in [1.54, 1.807) is 0 Å². The summed E-state index contributed by atoms with van der Waals surface area (Å²) in [7, 11) is 0. The first-order chi connectivity index (χ1) is 6.74. The van der Waals surface area contributed by atoms with E-state index < -0.39 is 0 Å². The van der Waals surface area contributed by atoms with Crippen molar-refractivity contribution in [2.24, 2.45) is 0 Å². The average molecular weight is 340 g/mol. The predicted molar refractivity (Wildman–Crippen MR) is 68.6 cm³/mol. The number of unbranched alkanes of at least 4 members (excludes halogenated alkanes) is 2. The molecule has 0 bridgehead atoms. The molecule has 0 saturated carbocycles. The van der Waals surface area contributed by atoms with Crippen molar-refractivity contribution in [1.29, 1.82) is 0 Å². The van der Waals surface area contributed by atoms with E-state index in [1.165, 1.54) is 11.3 Å². The fourth-order valence-electron chi connectivity index (χ4n) is 1.14. The third-order valence-electron chi connectivity index (χ3n) is 1.88. The molecule has 78 valence electrons. The minimum atomic E-state index is 0.273. The molecule has 0 aliphatic heterocycles. The minimum absolute atomic E-state index is 0.273. The van der Waals surface area contributed by atoms with Crippen LogP contribution in [0.15, 0.2) is 15.9 Å². The van der Waals surface area contributed by atoms with Crippen molar-refractivity contribution in [2.75, 3.05) is 5.33 Å². The first-order valence-corrected chi connectivity index (χ1v) is 7.36. The Morgan fingerprint density at radius 2 is 2.14 bits per heavy atom. The number of carbonyl (C=O) groups is 1. The number of hydrogen-bond donors (Lipinski definition) is 0. The zero-order chi connectivity index (χ0) is 10.4. The molecule has 0 fully saturated rings. The highest BCUT2D eigenvalue weighted by Crippen LogP contribution is 2.21. The molecule has 0 amide bonds. The van der Waals surface area contributed by atoms with Crippen molar-refractivity contribution < 1.29 is 4.79 Å². The predicted octanol–water partition coefficient (Wildman–Crippen LogP) is 4.65. The molecule has 0 aromatic carbocycles. The number of hydrogen-bond acceptors (Lipinski definition) is 2. The summed E-state index contributed by atoms with van der Waals surface area (Å²) in [5.41, 5.74) is 0. The largest absolute Gasteiger partial charge is 0.293 e. The summed E-state index contributed by atoms with van der Waals surface area (Å²) in [5.74, 6) is 0.273. The number of Topliss-reactive ketones (excluding diaryl/α,β-unsaturated/α-hetero) is 1. The Labute approximate surface area is 105 Å². The van der Waals surface area contributed by atoms with Gasteiger partial charge in [0.2, 0.25) is 0 Å². The van der Waals surface area contributed by atoms with Crippen LogP contribution in [0.3, 0.4) is 0 Å². The fraction of sp³-hybridized carbons (Fsp3) is 0.500. The third-order valence-corrected chi connectivity index (χ3v) is 4.17. The molecular formula is C10H12Br2OS. The van der Waals surface area contributed by atoms with Gasteiger partial charge in [-0.1, -0.05) is 22.4 Å². The van der Waals surface area contributed by atoms with Crippen molar-refractivity contribution in [3.05, 3.63) is 20.8 Å². The van der Waals surface area contributed by atoms with Crippen LogP contribution in [0.4, 0.5) is 0 Å². The zero-order valence-electron chi connectivity index (χ0n) is 7.76. The SMILES string of the molecule is O=C(CCCCCBr)c1cc(Br)cs1. The van der Waals surface area contributed by atoms with Gasteiger partial charge >= 0.3 is 0 Å². The Hall–Kier alpha value is 0.330. The van der Waals surface area contributed by atoms with Crippen LogP contribution in [0.5, 0.6) is 0 Å². The summed E-state index contributed by atoms with van der Waals surface area (Å²) < 4.78 is 1.01. The van der Waals surface area contributed by atoms with Gasteiger partial charge in [0.05, 0.1) is 4.88 Å². The minimum Gasteiger partial charge on any atom is -0.293 e. The van der Waals surface area contributed by atoms with E-state index in [0.29, 0.717) is 6.42 Å². The van der Waals surface area contributed by atoms with Gasteiger partial charge in [-0.15, -0.1) is 11.3 Å². The highest BCUT2D eigenvalue weighted by molar-refractivity contribution is 9.10. The normalized spacial score (nSPS) is 10.4. The molecule has 0 N–H and O–H groups in total. The van der Waals surface area contributed by atoms with Gasteiger partial charge < -0.3 is 0 Å². The number of carbonyl (C=O) groups excluding carboxylic acids is 1. The van der Waals surface area contributed by atoms with Crippen LogP contribution in [0.25, 0.3) is 0 Å². The van der Waals surface area contributed by atoms with Gasteiger partial charge in [-0.25, -0.2) is 0 Å². The van der Waals surface area contributed by atoms with Gasteiger partial charge in [-0.05, 0) is 34.8 Å². The second-order valence-electron chi connectivity index (χ2n) is 3.05. The lowest BCUT2D eigenvalue weighted by molar-refractivity contribution is 0.0983. The number of thiophene rings is 1. The van der Waals surface area contributed by atoms with Crippen LogP contribution in [0.1, 0.15) is 35.4 Å². The molecule has 1 rings (SSSR count). The van der Waals surface area contributed by atoms with Gasteiger partial charge in [0.15, 0.2) is 5.78 Å². The summed E-state index contributed by atoms with van der Waals surface area (Å²) in [4.78, 5) is 12.5. The fourth-order valence-corrected chi connectivity index (χ4v) is 2.93. The maximum atomic E-state index is 11.6. The molecular weight excluding hydrogens is 328 g/mol. The molecule has 4 heteroatoms. The Kier molecular flexibility index (Phi) is 5.98. The quantitative estimate of drug-likeness (QED) is 0.419. The Morgan fingerprint density at radius 1 is 1.36 bits per heavy atom. The van der Waals surface area contributed by atoms with Crippen molar-refractivity contribution >= 4 is 49.0 Å². The van der Waals surface area contributed by atoms with E-state index in [1.807, 2.05) is 11.4 Å². The van der Waals surface area contributed by atoms with Gasteiger partial charge in [-0.3, -0.25) is 4.79 Å². The molecule has 1 aromatic rings. The number of rotatable bonds is 6.